The monoisotopic (exact) mass is 346 g/mol. The van der Waals surface area contributed by atoms with Gasteiger partial charge in [0, 0.05) is 0 Å². The third-order valence-electron chi connectivity index (χ3n) is 5.15. The molecule has 0 spiro atoms. The fourth-order valence-electron chi connectivity index (χ4n) is 3.69. The fraction of sp³-hybridized carbons (Fsp3) is 0.619. The van der Waals surface area contributed by atoms with E-state index in [1.807, 2.05) is 26.0 Å². The molecule has 1 fully saturated rings. The van der Waals surface area contributed by atoms with Gasteiger partial charge in [0.25, 0.3) is 0 Å². The first-order chi connectivity index (χ1) is 12.0. The van der Waals surface area contributed by atoms with Crippen LogP contribution in [0, 0.1) is 12.3 Å². The van der Waals surface area contributed by atoms with Crippen LogP contribution in [0.4, 0.5) is 0 Å². The average molecular weight is 346 g/mol. The largest absolute Gasteiger partial charge is 0.465 e. The topological polar surface area (TPSA) is 52.6 Å². The Hall–Kier alpha value is -1.84. The van der Waals surface area contributed by atoms with Crippen LogP contribution in [-0.4, -0.2) is 24.6 Å². The van der Waals surface area contributed by atoms with Gasteiger partial charge in [-0.3, -0.25) is 4.79 Å². The molecule has 4 heteroatoms. The highest BCUT2D eigenvalue weighted by Gasteiger charge is 2.51. The lowest BCUT2D eigenvalue weighted by atomic mass is 9.79. The van der Waals surface area contributed by atoms with Crippen LogP contribution in [0.2, 0.25) is 0 Å². The Balaban J connectivity index is 2.15. The second kappa shape index (κ2) is 9.02. The minimum atomic E-state index is -0.675. The van der Waals surface area contributed by atoms with Gasteiger partial charge in [0.15, 0.2) is 0 Å². The summed E-state index contributed by atoms with van der Waals surface area (Å²) in [4.78, 5) is 25.3. The zero-order valence-corrected chi connectivity index (χ0v) is 15.7. The predicted octanol–water partition coefficient (Wildman–Crippen LogP) is 4.83. The van der Waals surface area contributed by atoms with Crippen molar-refractivity contribution in [1.29, 1.82) is 0 Å². The van der Waals surface area contributed by atoms with Crippen molar-refractivity contribution < 1.29 is 19.1 Å². The molecule has 0 radical (unpaired) electrons. The molecule has 138 valence electrons. The van der Waals surface area contributed by atoms with Gasteiger partial charge in [0.05, 0.1) is 12.2 Å². The van der Waals surface area contributed by atoms with E-state index in [4.69, 9.17) is 9.47 Å². The number of hydrogen-bond donors (Lipinski definition) is 0. The van der Waals surface area contributed by atoms with E-state index in [-0.39, 0.29) is 11.9 Å². The third-order valence-corrected chi connectivity index (χ3v) is 5.15. The van der Waals surface area contributed by atoms with Crippen molar-refractivity contribution in [2.75, 3.05) is 6.61 Å². The lowest BCUT2D eigenvalue weighted by Crippen LogP contribution is -2.42. The van der Waals surface area contributed by atoms with E-state index in [1.165, 1.54) is 0 Å². The third kappa shape index (κ3) is 4.62. The molecule has 2 atom stereocenters. The molecule has 1 aliphatic carbocycles. The number of hydrogen-bond acceptors (Lipinski definition) is 4. The number of aryl methyl sites for hydroxylation is 1. The molecule has 1 aromatic carbocycles. The molecule has 0 N–H and O–H groups in total. The summed E-state index contributed by atoms with van der Waals surface area (Å²) in [6, 6.07) is 7.33. The van der Waals surface area contributed by atoms with Crippen molar-refractivity contribution in [2.24, 2.45) is 5.41 Å². The minimum absolute atomic E-state index is 0.203. The summed E-state index contributed by atoms with van der Waals surface area (Å²) in [6.45, 7) is 6.29. The number of carbonyl (C=O) groups is 2. The van der Waals surface area contributed by atoms with Gasteiger partial charge < -0.3 is 9.47 Å². The van der Waals surface area contributed by atoms with Crippen LogP contribution in [0.5, 0.6) is 0 Å². The zero-order chi connectivity index (χ0) is 18.3. The first-order valence-electron chi connectivity index (χ1n) is 9.48. The summed E-state index contributed by atoms with van der Waals surface area (Å²) in [6.07, 6.45) is 5.80. The summed E-state index contributed by atoms with van der Waals surface area (Å²) in [5.41, 5.74) is 0.951. The van der Waals surface area contributed by atoms with E-state index < -0.39 is 11.5 Å². The second-order valence-corrected chi connectivity index (χ2v) is 6.99. The van der Waals surface area contributed by atoms with Crippen molar-refractivity contribution in [3.8, 4) is 0 Å². The molecular formula is C21H30O4. The number of esters is 2. The first kappa shape index (κ1) is 19.5. The first-order valence-corrected chi connectivity index (χ1v) is 9.48. The Morgan fingerprint density at radius 3 is 2.52 bits per heavy atom. The van der Waals surface area contributed by atoms with Crippen LogP contribution in [0.1, 0.15) is 74.7 Å². The standard InChI is InChI=1S/C21H30O4/c1-4-6-7-14-21(20(23)24-5-2)15-8-9-18(21)25-19(22)17-12-10-16(3)11-13-17/h10-13,18H,4-9,14-15H2,1-3H3. The second-order valence-electron chi connectivity index (χ2n) is 6.99. The van der Waals surface area contributed by atoms with Crippen molar-refractivity contribution in [1.82, 2.24) is 0 Å². The maximum absolute atomic E-state index is 12.7. The van der Waals surface area contributed by atoms with Gasteiger partial charge in [-0.05, 0) is 51.7 Å². The Morgan fingerprint density at radius 1 is 1.16 bits per heavy atom. The van der Waals surface area contributed by atoms with E-state index >= 15 is 0 Å². The van der Waals surface area contributed by atoms with Crippen molar-refractivity contribution in [3.63, 3.8) is 0 Å². The Labute approximate surface area is 150 Å². The Bertz CT molecular complexity index is 578. The molecule has 2 rings (SSSR count). The minimum Gasteiger partial charge on any atom is -0.465 e. The maximum Gasteiger partial charge on any atom is 0.338 e. The highest BCUT2D eigenvalue weighted by molar-refractivity contribution is 5.90. The molecule has 0 amide bonds. The summed E-state index contributed by atoms with van der Waals surface area (Å²) in [5.74, 6) is -0.554. The molecule has 0 aromatic heterocycles. The summed E-state index contributed by atoms with van der Waals surface area (Å²) in [7, 11) is 0. The summed E-state index contributed by atoms with van der Waals surface area (Å²) < 4.78 is 11.2. The van der Waals surface area contributed by atoms with E-state index in [1.54, 1.807) is 12.1 Å². The molecule has 1 aliphatic rings. The van der Waals surface area contributed by atoms with Gasteiger partial charge >= 0.3 is 11.9 Å². The number of benzene rings is 1. The molecular weight excluding hydrogens is 316 g/mol. The van der Waals surface area contributed by atoms with E-state index in [9.17, 15) is 9.59 Å². The van der Waals surface area contributed by atoms with Crippen LogP contribution in [-0.2, 0) is 14.3 Å². The number of rotatable bonds is 8. The van der Waals surface area contributed by atoms with Gasteiger partial charge in [-0.15, -0.1) is 0 Å². The summed E-state index contributed by atoms with van der Waals surface area (Å²) >= 11 is 0. The van der Waals surface area contributed by atoms with Crippen LogP contribution in [0.25, 0.3) is 0 Å². The lowest BCUT2D eigenvalue weighted by Gasteiger charge is -2.32. The quantitative estimate of drug-likeness (QED) is 0.499. The highest BCUT2D eigenvalue weighted by atomic mass is 16.6. The van der Waals surface area contributed by atoms with E-state index in [0.717, 1.165) is 50.5 Å². The highest BCUT2D eigenvalue weighted by Crippen LogP contribution is 2.45. The number of unbranched alkanes of at least 4 members (excludes halogenated alkanes) is 2. The van der Waals surface area contributed by atoms with Crippen LogP contribution < -0.4 is 0 Å². The molecule has 2 unspecified atom stereocenters. The fourth-order valence-corrected chi connectivity index (χ4v) is 3.69. The lowest BCUT2D eigenvalue weighted by molar-refractivity contribution is -0.162. The van der Waals surface area contributed by atoms with Gasteiger partial charge in [-0.1, -0.05) is 43.9 Å². The van der Waals surface area contributed by atoms with E-state index in [0.29, 0.717) is 12.2 Å². The number of ether oxygens (including phenoxy) is 2. The maximum atomic E-state index is 12.7. The molecule has 1 saturated carbocycles. The SMILES string of the molecule is CCCCCC1(C(=O)OCC)CCCC1OC(=O)c1ccc(C)cc1. The molecule has 4 nitrogen and oxygen atoms in total. The van der Waals surface area contributed by atoms with Crippen LogP contribution >= 0.6 is 0 Å². The van der Waals surface area contributed by atoms with Gasteiger partial charge in [0.1, 0.15) is 11.5 Å². The normalized spacial score (nSPS) is 22.6. The molecule has 25 heavy (non-hydrogen) atoms. The van der Waals surface area contributed by atoms with Crippen LogP contribution in [0.3, 0.4) is 0 Å². The Kier molecular flexibility index (Phi) is 7.03. The molecule has 0 bridgehead atoms. The van der Waals surface area contributed by atoms with Gasteiger partial charge in [-0.25, -0.2) is 4.79 Å². The van der Waals surface area contributed by atoms with Crippen molar-refractivity contribution in [3.05, 3.63) is 35.4 Å². The smallest absolute Gasteiger partial charge is 0.338 e. The van der Waals surface area contributed by atoms with Gasteiger partial charge in [0.2, 0.25) is 0 Å². The predicted molar refractivity (Wildman–Crippen MR) is 97.4 cm³/mol. The molecule has 0 heterocycles. The zero-order valence-electron chi connectivity index (χ0n) is 15.7. The Morgan fingerprint density at radius 2 is 1.88 bits per heavy atom. The number of carbonyl (C=O) groups excluding carboxylic acids is 2. The van der Waals surface area contributed by atoms with Crippen LogP contribution in [0.15, 0.2) is 24.3 Å². The van der Waals surface area contributed by atoms with Gasteiger partial charge in [-0.2, -0.15) is 0 Å². The average Bonchev–Trinajstić information content (AvgIpc) is 2.99. The van der Waals surface area contributed by atoms with E-state index in [2.05, 4.69) is 6.92 Å². The molecule has 1 aromatic rings. The van der Waals surface area contributed by atoms with Crippen molar-refractivity contribution in [2.45, 2.75) is 71.8 Å². The van der Waals surface area contributed by atoms with Crippen molar-refractivity contribution >= 4 is 11.9 Å². The molecule has 0 aliphatic heterocycles. The molecule has 0 saturated heterocycles. The summed E-state index contributed by atoms with van der Waals surface area (Å²) in [5, 5.41) is 0.